The third-order valence-electron chi connectivity index (χ3n) is 2.57. The smallest absolute Gasteiger partial charge is 0.291 e. The number of amides is 1. The van der Waals surface area contributed by atoms with Crippen LogP contribution in [-0.2, 0) is 9.59 Å². The lowest BCUT2D eigenvalue weighted by molar-refractivity contribution is -0.140. The molecule has 3 nitrogen and oxygen atoms in total. The molecule has 2 aliphatic rings. The van der Waals surface area contributed by atoms with Gasteiger partial charge in [-0.25, -0.2) is 0 Å². The Morgan fingerprint density at radius 1 is 1.36 bits per heavy atom. The number of carbonyl (C=O) groups excluding carboxylic acids is 2. The Balaban J connectivity index is 2.32. The van der Waals surface area contributed by atoms with Gasteiger partial charge in [-0.05, 0) is 0 Å². The van der Waals surface area contributed by atoms with Crippen molar-refractivity contribution in [3.05, 3.63) is 37.0 Å². The summed E-state index contributed by atoms with van der Waals surface area (Å²) in [7, 11) is 0. The Labute approximate surface area is 82.4 Å². The van der Waals surface area contributed by atoms with Gasteiger partial charge in [-0.3, -0.25) is 9.59 Å². The molecule has 1 aliphatic carbocycles. The molecule has 0 saturated carbocycles. The number of fused-ring (bicyclic) bond motifs is 1. The summed E-state index contributed by atoms with van der Waals surface area (Å²) in [4.78, 5) is 24.6. The molecular formula is C11H11NO2. The Morgan fingerprint density at radius 2 is 2.07 bits per heavy atom. The molecule has 1 amide bonds. The minimum atomic E-state index is -0.392. The van der Waals surface area contributed by atoms with Gasteiger partial charge in [-0.2, -0.15) is 0 Å². The van der Waals surface area contributed by atoms with Crippen LogP contribution in [-0.4, -0.2) is 29.2 Å². The zero-order chi connectivity index (χ0) is 10.1. The van der Waals surface area contributed by atoms with Crippen LogP contribution in [0.4, 0.5) is 0 Å². The minimum absolute atomic E-state index is 0.0991. The summed E-state index contributed by atoms with van der Waals surface area (Å²) < 4.78 is 0. The van der Waals surface area contributed by atoms with E-state index in [2.05, 4.69) is 6.58 Å². The molecule has 2 atom stereocenters. The quantitative estimate of drug-likeness (QED) is 0.473. The first kappa shape index (κ1) is 8.94. The molecule has 0 N–H and O–H groups in total. The standard InChI is InChI=1S/C11H11NO2/c1-2-7-12-9-6-4-3-5-8(9)10(13)11(12)14/h2-6,8-9H,1,7H2/t8-,9+/m0/s1. The summed E-state index contributed by atoms with van der Waals surface area (Å²) in [5, 5.41) is 0. The highest BCUT2D eigenvalue weighted by molar-refractivity contribution is 6.39. The molecule has 1 aliphatic heterocycles. The molecule has 0 unspecified atom stereocenters. The lowest BCUT2D eigenvalue weighted by atomic mass is 9.95. The van der Waals surface area contributed by atoms with E-state index >= 15 is 0 Å². The van der Waals surface area contributed by atoms with E-state index in [-0.39, 0.29) is 17.7 Å². The number of allylic oxidation sites excluding steroid dienone is 2. The topological polar surface area (TPSA) is 37.4 Å². The second-order valence-electron chi connectivity index (χ2n) is 3.40. The summed E-state index contributed by atoms with van der Waals surface area (Å²) >= 11 is 0. The predicted octanol–water partition coefficient (Wildman–Crippen LogP) is 0.694. The van der Waals surface area contributed by atoms with Gasteiger partial charge in [-0.1, -0.05) is 30.4 Å². The normalized spacial score (nSPS) is 29.6. The van der Waals surface area contributed by atoms with Crippen LogP contribution in [0.3, 0.4) is 0 Å². The SMILES string of the molecule is C=CCN1C(=O)C(=O)[C@H]2C=CC=C[C@H]21. The van der Waals surface area contributed by atoms with Crippen molar-refractivity contribution in [2.75, 3.05) is 6.54 Å². The molecule has 1 saturated heterocycles. The minimum Gasteiger partial charge on any atom is -0.325 e. The average Bonchev–Trinajstić information content (AvgIpc) is 2.45. The van der Waals surface area contributed by atoms with Gasteiger partial charge in [0.1, 0.15) is 0 Å². The predicted molar refractivity (Wildman–Crippen MR) is 52.5 cm³/mol. The second-order valence-corrected chi connectivity index (χ2v) is 3.40. The maximum atomic E-state index is 11.5. The van der Waals surface area contributed by atoms with Gasteiger partial charge in [-0.15, -0.1) is 6.58 Å². The number of nitrogens with zero attached hydrogens (tertiary/aromatic N) is 1. The first-order chi connectivity index (χ1) is 6.75. The lowest BCUT2D eigenvalue weighted by Crippen LogP contribution is -2.34. The van der Waals surface area contributed by atoms with Crippen molar-refractivity contribution < 1.29 is 9.59 Å². The number of hydrogen-bond acceptors (Lipinski definition) is 2. The van der Waals surface area contributed by atoms with Crippen LogP contribution in [0.5, 0.6) is 0 Å². The van der Waals surface area contributed by atoms with Crippen LogP contribution >= 0.6 is 0 Å². The van der Waals surface area contributed by atoms with Gasteiger partial charge in [0.05, 0.1) is 12.0 Å². The molecule has 72 valence electrons. The summed E-state index contributed by atoms with van der Waals surface area (Å²) in [6.45, 7) is 4.01. The van der Waals surface area contributed by atoms with Gasteiger partial charge in [0.15, 0.2) is 0 Å². The Morgan fingerprint density at radius 3 is 2.79 bits per heavy atom. The molecule has 2 rings (SSSR count). The number of hydrogen-bond donors (Lipinski definition) is 0. The largest absolute Gasteiger partial charge is 0.325 e. The van der Waals surface area contributed by atoms with Crippen molar-refractivity contribution >= 4 is 11.7 Å². The lowest BCUT2D eigenvalue weighted by Gasteiger charge is -2.22. The summed E-state index contributed by atoms with van der Waals surface area (Å²) in [6, 6.07) is -0.0991. The van der Waals surface area contributed by atoms with Crippen LogP contribution in [0.15, 0.2) is 37.0 Å². The maximum Gasteiger partial charge on any atom is 0.291 e. The van der Waals surface area contributed by atoms with Crippen molar-refractivity contribution in [3.8, 4) is 0 Å². The zero-order valence-electron chi connectivity index (χ0n) is 7.72. The first-order valence-electron chi connectivity index (χ1n) is 4.56. The molecule has 0 aromatic rings. The van der Waals surface area contributed by atoms with E-state index < -0.39 is 5.91 Å². The molecule has 1 fully saturated rings. The Kier molecular flexibility index (Phi) is 2.08. The Bertz CT molecular complexity index is 354. The molecule has 0 spiro atoms. The van der Waals surface area contributed by atoms with Crippen LogP contribution < -0.4 is 0 Å². The van der Waals surface area contributed by atoms with Crippen LogP contribution in [0, 0.1) is 5.92 Å². The van der Waals surface area contributed by atoms with E-state index in [1.807, 2.05) is 18.2 Å². The van der Waals surface area contributed by atoms with E-state index in [0.717, 1.165) is 0 Å². The van der Waals surface area contributed by atoms with Gasteiger partial charge >= 0.3 is 0 Å². The van der Waals surface area contributed by atoms with Gasteiger partial charge in [0.25, 0.3) is 5.91 Å². The van der Waals surface area contributed by atoms with Crippen molar-refractivity contribution in [2.45, 2.75) is 6.04 Å². The number of likely N-dealkylation sites (tertiary alicyclic amines) is 1. The van der Waals surface area contributed by atoms with Crippen molar-refractivity contribution in [1.29, 1.82) is 0 Å². The highest BCUT2D eigenvalue weighted by atomic mass is 16.2. The highest BCUT2D eigenvalue weighted by Gasteiger charge is 2.44. The van der Waals surface area contributed by atoms with E-state index in [1.54, 1.807) is 17.1 Å². The summed E-state index contributed by atoms with van der Waals surface area (Å²) in [5.41, 5.74) is 0. The van der Waals surface area contributed by atoms with Crippen molar-refractivity contribution in [1.82, 2.24) is 4.90 Å². The van der Waals surface area contributed by atoms with Gasteiger partial charge < -0.3 is 4.90 Å². The van der Waals surface area contributed by atoms with Crippen molar-refractivity contribution in [2.24, 2.45) is 5.92 Å². The molecule has 14 heavy (non-hydrogen) atoms. The number of rotatable bonds is 2. The van der Waals surface area contributed by atoms with Gasteiger partial charge in [0.2, 0.25) is 5.78 Å². The molecule has 3 heteroatoms. The molecular weight excluding hydrogens is 178 g/mol. The van der Waals surface area contributed by atoms with Crippen LogP contribution in [0.1, 0.15) is 0 Å². The third kappa shape index (κ3) is 1.13. The van der Waals surface area contributed by atoms with E-state index in [1.165, 1.54) is 0 Å². The number of carbonyl (C=O) groups is 2. The fraction of sp³-hybridized carbons (Fsp3) is 0.273. The maximum absolute atomic E-state index is 11.5. The fourth-order valence-corrected chi connectivity index (χ4v) is 1.90. The van der Waals surface area contributed by atoms with Crippen LogP contribution in [0.25, 0.3) is 0 Å². The number of ketones is 1. The van der Waals surface area contributed by atoms with E-state index in [0.29, 0.717) is 6.54 Å². The fourth-order valence-electron chi connectivity index (χ4n) is 1.90. The molecule has 0 radical (unpaired) electrons. The third-order valence-corrected chi connectivity index (χ3v) is 2.57. The molecule has 0 aromatic heterocycles. The van der Waals surface area contributed by atoms with E-state index in [9.17, 15) is 9.59 Å². The zero-order valence-corrected chi connectivity index (χ0v) is 7.72. The first-order valence-corrected chi connectivity index (χ1v) is 4.56. The molecule has 0 aromatic carbocycles. The van der Waals surface area contributed by atoms with Crippen molar-refractivity contribution in [3.63, 3.8) is 0 Å². The van der Waals surface area contributed by atoms with Gasteiger partial charge in [0, 0.05) is 6.54 Å². The monoisotopic (exact) mass is 189 g/mol. The van der Waals surface area contributed by atoms with Crippen LogP contribution in [0.2, 0.25) is 0 Å². The highest BCUT2D eigenvalue weighted by Crippen LogP contribution is 2.27. The molecule has 0 bridgehead atoms. The summed E-state index contributed by atoms with van der Waals surface area (Å²) in [6.07, 6.45) is 8.98. The number of Topliss-reactive ketones (excluding diaryl/α,β-unsaturated/α-hetero) is 1. The summed E-state index contributed by atoms with van der Waals surface area (Å²) in [5.74, 6) is -0.985. The second kappa shape index (κ2) is 3.25. The molecule has 1 heterocycles. The average molecular weight is 189 g/mol. The Hall–Kier alpha value is -1.64. The van der Waals surface area contributed by atoms with E-state index in [4.69, 9.17) is 0 Å².